The quantitative estimate of drug-likeness (QED) is 0.455. The number of amides is 2. The average molecular weight is 464 g/mol. The van der Waals surface area contributed by atoms with Crippen molar-refractivity contribution in [2.75, 3.05) is 11.9 Å². The largest absolute Gasteiger partial charge is 0.505 e. The second-order valence-corrected chi connectivity index (χ2v) is 8.11. The Morgan fingerprint density at radius 3 is 2.44 bits per heavy atom. The highest BCUT2D eigenvalue weighted by Crippen LogP contribution is 2.27. The van der Waals surface area contributed by atoms with E-state index in [2.05, 4.69) is 16.7 Å². The zero-order valence-corrected chi connectivity index (χ0v) is 19.7. The molecule has 0 aliphatic rings. The van der Waals surface area contributed by atoms with E-state index in [1.807, 2.05) is 49.4 Å². The number of aryl methyl sites for hydroxylation is 3. The van der Waals surface area contributed by atoms with E-state index in [9.17, 15) is 19.5 Å². The number of aromatic nitrogens is 1. The molecule has 2 aromatic carbocycles. The van der Waals surface area contributed by atoms with Crippen LogP contribution in [-0.4, -0.2) is 28.3 Å². The fourth-order valence-corrected chi connectivity index (χ4v) is 3.70. The standard InChI is InChI=1S/C26H29N3O5/c1-5-34-22(30)14-21(20-11-7-10-19(13-20)18-9-6-8-16(2)12-18)27-26(33)28-23-24(31)17(3)15-29(4)25(23)32/h6-13,15,21,31H,5,14H2,1-4H3,(H2,27,28,33)/t21-/m0/s1. The first kappa shape index (κ1) is 24.6. The maximum atomic E-state index is 12.8. The van der Waals surface area contributed by atoms with E-state index in [0.29, 0.717) is 11.1 Å². The molecule has 178 valence electrons. The molecule has 0 unspecified atom stereocenters. The smallest absolute Gasteiger partial charge is 0.319 e. The molecule has 1 heterocycles. The minimum Gasteiger partial charge on any atom is -0.505 e. The lowest BCUT2D eigenvalue weighted by Gasteiger charge is -2.20. The lowest BCUT2D eigenvalue weighted by atomic mass is 9.97. The van der Waals surface area contributed by atoms with Gasteiger partial charge in [0.05, 0.1) is 19.1 Å². The molecule has 0 saturated heterocycles. The van der Waals surface area contributed by atoms with Crippen molar-refractivity contribution in [1.29, 1.82) is 0 Å². The van der Waals surface area contributed by atoms with Crippen molar-refractivity contribution in [1.82, 2.24) is 9.88 Å². The number of carbonyl (C=O) groups is 2. The van der Waals surface area contributed by atoms with E-state index in [0.717, 1.165) is 16.7 Å². The molecule has 3 N–H and O–H groups in total. The summed E-state index contributed by atoms with van der Waals surface area (Å²) in [6.07, 6.45) is 1.37. The Morgan fingerprint density at radius 2 is 1.76 bits per heavy atom. The maximum Gasteiger partial charge on any atom is 0.319 e. The maximum absolute atomic E-state index is 12.8. The molecule has 8 nitrogen and oxygen atoms in total. The van der Waals surface area contributed by atoms with Crippen LogP contribution >= 0.6 is 0 Å². The summed E-state index contributed by atoms with van der Waals surface area (Å²) in [5.41, 5.74) is 3.40. The first-order valence-electron chi connectivity index (χ1n) is 11.0. The summed E-state index contributed by atoms with van der Waals surface area (Å²) in [6.45, 7) is 5.56. The average Bonchev–Trinajstić information content (AvgIpc) is 2.80. The van der Waals surface area contributed by atoms with Gasteiger partial charge in [-0.2, -0.15) is 0 Å². The highest BCUT2D eigenvalue weighted by molar-refractivity contribution is 5.91. The van der Waals surface area contributed by atoms with Crippen LogP contribution in [-0.2, 0) is 16.6 Å². The molecule has 0 bridgehead atoms. The van der Waals surface area contributed by atoms with Crippen molar-refractivity contribution >= 4 is 17.7 Å². The summed E-state index contributed by atoms with van der Waals surface area (Å²) in [5.74, 6) is -0.773. The summed E-state index contributed by atoms with van der Waals surface area (Å²) in [5, 5.41) is 15.5. The van der Waals surface area contributed by atoms with Crippen LogP contribution in [0.25, 0.3) is 11.1 Å². The zero-order valence-electron chi connectivity index (χ0n) is 19.7. The molecule has 0 aliphatic heterocycles. The van der Waals surface area contributed by atoms with Crippen LogP contribution in [0.4, 0.5) is 10.5 Å². The van der Waals surface area contributed by atoms with Crippen LogP contribution in [0.15, 0.2) is 59.5 Å². The summed E-state index contributed by atoms with van der Waals surface area (Å²) in [7, 11) is 1.53. The van der Waals surface area contributed by atoms with Crippen molar-refractivity contribution in [3.05, 3.63) is 81.8 Å². The number of pyridine rings is 1. The number of anilines is 1. The molecule has 0 spiro atoms. The number of carbonyl (C=O) groups excluding carboxylic acids is 2. The van der Waals surface area contributed by atoms with Crippen LogP contribution in [0.1, 0.15) is 36.1 Å². The van der Waals surface area contributed by atoms with Gasteiger partial charge in [0.25, 0.3) is 5.56 Å². The van der Waals surface area contributed by atoms with E-state index in [1.54, 1.807) is 13.8 Å². The molecule has 0 saturated carbocycles. The third-order valence-electron chi connectivity index (χ3n) is 5.39. The number of hydrogen-bond donors (Lipinski definition) is 3. The van der Waals surface area contributed by atoms with E-state index in [4.69, 9.17) is 4.74 Å². The number of rotatable bonds is 7. The Morgan fingerprint density at radius 1 is 1.09 bits per heavy atom. The minimum atomic E-state index is -0.728. The Kier molecular flexibility index (Phi) is 7.73. The Balaban J connectivity index is 1.90. The monoisotopic (exact) mass is 463 g/mol. The molecule has 8 heteroatoms. The Hall–Kier alpha value is -4.07. The van der Waals surface area contributed by atoms with E-state index in [-0.39, 0.29) is 24.5 Å². The van der Waals surface area contributed by atoms with Crippen molar-refractivity contribution in [3.8, 4) is 16.9 Å². The number of ether oxygens (including phenoxy) is 1. The molecule has 3 rings (SSSR count). The summed E-state index contributed by atoms with van der Waals surface area (Å²) in [6, 6.07) is 14.1. The number of hydrogen-bond acceptors (Lipinski definition) is 5. The van der Waals surface area contributed by atoms with Crippen LogP contribution < -0.4 is 16.2 Å². The van der Waals surface area contributed by atoms with Gasteiger partial charge < -0.3 is 25.0 Å². The van der Waals surface area contributed by atoms with Gasteiger partial charge in [0.2, 0.25) is 0 Å². The number of benzene rings is 2. The first-order chi connectivity index (χ1) is 16.2. The van der Waals surface area contributed by atoms with E-state index in [1.165, 1.54) is 17.8 Å². The predicted octanol–water partition coefficient (Wildman–Crippen LogP) is 4.19. The van der Waals surface area contributed by atoms with Gasteiger partial charge in [-0.15, -0.1) is 0 Å². The molecule has 1 atom stereocenters. The minimum absolute atomic E-state index is 0.101. The van der Waals surface area contributed by atoms with Crippen LogP contribution in [0.3, 0.4) is 0 Å². The second kappa shape index (κ2) is 10.7. The van der Waals surface area contributed by atoms with Crippen molar-refractivity contribution in [3.63, 3.8) is 0 Å². The second-order valence-electron chi connectivity index (χ2n) is 8.11. The van der Waals surface area contributed by atoms with Crippen molar-refractivity contribution in [2.45, 2.75) is 33.2 Å². The van der Waals surface area contributed by atoms with Crippen molar-refractivity contribution < 1.29 is 19.4 Å². The van der Waals surface area contributed by atoms with Gasteiger partial charge in [-0.05, 0) is 43.5 Å². The van der Waals surface area contributed by atoms with Gasteiger partial charge in [-0.3, -0.25) is 9.59 Å². The fraction of sp³-hybridized carbons (Fsp3) is 0.269. The molecule has 0 fully saturated rings. The summed E-state index contributed by atoms with van der Waals surface area (Å²) in [4.78, 5) is 37.5. The number of aromatic hydroxyl groups is 1. The highest BCUT2D eigenvalue weighted by Gasteiger charge is 2.22. The van der Waals surface area contributed by atoms with Crippen LogP contribution in [0, 0.1) is 13.8 Å². The molecule has 2 amide bonds. The molecular weight excluding hydrogens is 434 g/mol. The van der Waals surface area contributed by atoms with Gasteiger partial charge >= 0.3 is 12.0 Å². The van der Waals surface area contributed by atoms with E-state index < -0.39 is 23.6 Å². The third kappa shape index (κ3) is 5.83. The van der Waals surface area contributed by atoms with Gasteiger partial charge in [0.15, 0.2) is 5.69 Å². The van der Waals surface area contributed by atoms with Crippen LogP contribution in [0.2, 0.25) is 0 Å². The Labute approximate surface area is 198 Å². The van der Waals surface area contributed by atoms with Gasteiger partial charge in [-0.1, -0.05) is 48.0 Å². The summed E-state index contributed by atoms with van der Waals surface area (Å²) < 4.78 is 6.36. The fourth-order valence-electron chi connectivity index (χ4n) is 3.70. The van der Waals surface area contributed by atoms with Crippen LogP contribution in [0.5, 0.6) is 5.75 Å². The molecule has 34 heavy (non-hydrogen) atoms. The molecular formula is C26H29N3O5. The number of urea groups is 1. The van der Waals surface area contributed by atoms with Gasteiger partial charge in [0.1, 0.15) is 5.75 Å². The molecule has 3 aromatic rings. The number of nitrogens with zero attached hydrogens (tertiary/aromatic N) is 1. The van der Waals surface area contributed by atoms with Gasteiger partial charge in [0, 0.05) is 18.8 Å². The lowest BCUT2D eigenvalue weighted by molar-refractivity contribution is -0.143. The first-order valence-corrected chi connectivity index (χ1v) is 11.0. The topological polar surface area (TPSA) is 110 Å². The third-order valence-corrected chi connectivity index (χ3v) is 5.39. The molecule has 0 aliphatic carbocycles. The molecule has 0 radical (unpaired) electrons. The molecule has 1 aromatic heterocycles. The van der Waals surface area contributed by atoms with Gasteiger partial charge in [-0.25, -0.2) is 4.79 Å². The Bertz CT molecular complexity index is 1270. The van der Waals surface area contributed by atoms with Crippen molar-refractivity contribution in [2.24, 2.45) is 7.05 Å². The normalized spacial score (nSPS) is 11.5. The number of nitrogens with one attached hydrogen (secondary N) is 2. The summed E-state index contributed by atoms with van der Waals surface area (Å²) >= 11 is 0. The predicted molar refractivity (Wildman–Crippen MR) is 131 cm³/mol. The zero-order chi connectivity index (χ0) is 24.8. The van der Waals surface area contributed by atoms with E-state index >= 15 is 0 Å². The number of esters is 1. The highest BCUT2D eigenvalue weighted by atomic mass is 16.5. The lowest BCUT2D eigenvalue weighted by Crippen LogP contribution is -2.36. The SMILES string of the molecule is CCOC(=O)C[C@H](NC(=O)Nc1c(O)c(C)cn(C)c1=O)c1cccc(-c2cccc(C)c2)c1.